The summed E-state index contributed by atoms with van der Waals surface area (Å²) in [6, 6.07) is -0.642. The van der Waals surface area contributed by atoms with Crippen LogP contribution in [-0.2, 0) is 4.79 Å². The third kappa shape index (κ3) is 41.6. The molecule has 0 fully saturated rings. The van der Waals surface area contributed by atoms with Crippen molar-refractivity contribution < 1.29 is 15.0 Å². The van der Waals surface area contributed by atoms with Crippen LogP contribution in [0.3, 0.4) is 0 Å². The molecule has 53 heavy (non-hydrogen) atoms. The predicted molar refractivity (Wildman–Crippen MR) is 235 cm³/mol. The lowest BCUT2D eigenvalue weighted by Gasteiger charge is -2.19. The van der Waals surface area contributed by atoms with Crippen LogP contribution in [0.5, 0.6) is 0 Å². The van der Waals surface area contributed by atoms with Gasteiger partial charge in [0, 0.05) is 6.42 Å². The lowest BCUT2D eigenvalue weighted by atomic mass is 10.0. The number of aliphatic hydroxyl groups excluding tert-OH is 2. The molecule has 0 heterocycles. The number of rotatable bonds is 43. The Morgan fingerprint density at radius 3 is 1.09 bits per heavy atom. The van der Waals surface area contributed by atoms with Crippen molar-refractivity contribution in [1.82, 2.24) is 5.32 Å². The summed E-state index contributed by atoms with van der Waals surface area (Å²) in [4.78, 5) is 12.4. The fourth-order valence-electron chi connectivity index (χ4n) is 7.21. The van der Waals surface area contributed by atoms with Crippen LogP contribution >= 0.6 is 0 Å². The van der Waals surface area contributed by atoms with Gasteiger partial charge in [0.1, 0.15) is 0 Å². The largest absolute Gasteiger partial charge is 0.394 e. The lowest BCUT2D eigenvalue weighted by molar-refractivity contribution is -0.123. The summed E-state index contributed by atoms with van der Waals surface area (Å²) in [7, 11) is 0. The Balaban J connectivity index is 3.59. The van der Waals surface area contributed by atoms with E-state index in [4.69, 9.17) is 0 Å². The van der Waals surface area contributed by atoms with Gasteiger partial charge in [0.25, 0.3) is 0 Å². The maximum atomic E-state index is 12.4. The minimum atomic E-state index is -0.867. The first kappa shape index (κ1) is 51.6. The molecule has 0 aromatic heterocycles. The Bertz CT molecular complexity index is 806. The molecular formula is C49H93NO3. The second-order valence-electron chi connectivity index (χ2n) is 16.2. The second-order valence-corrected chi connectivity index (χ2v) is 16.2. The van der Waals surface area contributed by atoms with Crippen LogP contribution in [-0.4, -0.2) is 34.9 Å². The van der Waals surface area contributed by atoms with Crippen molar-refractivity contribution in [2.75, 3.05) is 6.61 Å². The smallest absolute Gasteiger partial charge is 0.220 e. The normalized spacial score (nSPS) is 13.2. The van der Waals surface area contributed by atoms with Crippen molar-refractivity contribution in [3.8, 4) is 0 Å². The zero-order chi connectivity index (χ0) is 38.6. The number of amides is 1. The van der Waals surface area contributed by atoms with Gasteiger partial charge in [0.15, 0.2) is 0 Å². The monoisotopic (exact) mass is 744 g/mol. The molecule has 0 aliphatic carbocycles. The zero-order valence-electron chi connectivity index (χ0n) is 35.8. The number of unbranched alkanes of at least 4 members (excludes halogenated alkanes) is 32. The first-order chi connectivity index (χ1) is 26.2. The van der Waals surface area contributed by atoms with E-state index in [1.807, 2.05) is 6.08 Å². The van der Waals surface area contributed by atoms with Crippen molar-refractivity contribution in [3.05, 3.63) is 36.5 Å². The SMILES string of the molecule is CCCCCCCCCCCCCCCCC/C=C/CC/C=C/CC/C=C/C(O)C(CO)NC(=O)CCCCCCCCCCCCCCCCCC. The summed E-state index contributed by atoms with van der Waals surface area (Å²) < 4.78 is 0. The molecule has 0 aromatic carbocycles. The Morgan fingerprint density at radius 2 is 0.736 bits per heavy atom. The molecule has 0 aliphatic heterocycles. The van der Waals surface area contributed by atoms with Gasteiger partial charge in [-0.3, -0.25) is 4.79 Å². The van der Waals surface area contributed by atoms with Crippen molar-refractivity contribution >= 4 is 5.91 Å². The molecule has 3 N–H and O–H groups in total. The molecule has 2 unspecified atom stereocenters. The molecule has 0 aliphatic rings. The first-order valence-corrected chi connectivity index (χ1v) is 23.7. The topological polar surface area (TPSA) is 69.6 Å². The number of carbonyl (C=O) groups excluding carboxylic acids is 1. The number of hydrogen-bond donors (Lipinski definition) is 3. The minimum absolute atomic E-state index is 0.0753. The number of allylic oxidation sites excluding steroid dienone is 5. The van der Waals surface area contributed by atoms with Gasteiger partial charge in [0.05, 0.1) is 18.8 Å². The number of carbonyl (C=O) groups is 1. The van der Waals surface area contributed by atoms with Crippen LogP contribution in [0.1, 0.15) is 251 Å². The standard InChI is InChI=1S/C49H93NO3/c1-3-5-7-9-11-13-15-17-19-21-22-23-24-25-26-27-28-29-30-32-34-36-38-40-42-44-48(52)47(46-51)50-49(53)45-43-41-39-37-35-33-31-20-18-16-14-12-10-8-6-4-2/h28-29,34,36,42,44,47-48,51-52H,3-27,30-33,35,37-41,43,45-46H2,1-2H3,(H,50,53)/b29-28+,36-34+,44-42+. The van der Waals surface area contributed by atoms with Gasteiger partial charge in [-0.25, -0.2) is 0 Å². The summed E-state index contributed by atoms with van der Waals surface area (Å²) in [5.41, 5.74) is 0. The van der Waals surface area contributed by atoms with Crippen LogP contribution in [0.4, 0.5) is 0 Å². The van der Waals surface area contributed by atoms with Gasteiger partial charge < -0.3 is 15.5 Å². The summed E-state index contributed by atoms with van der Waals surface area (Å²) in [6.07, 6.45) is 59.8. The number of nitrogens with one attached hydrogen (secondary N) is 1. The van der Waals surface area contributed by atoms with Crippen molar-refractivity contribution in [2.45, 2.75) is 264 Å². The fourth-order valence-corrected chi connectivity index (χ4v) is 7.21. The third-order valence-electron chi connectivity index (χ3n) is 10.9. The maximum absolute atomic E-state index is 12.4. The summed E-state index contributed by atoms with van der Waals surface area (Å²) in [5, 5.41) is 23.0. The number of aliphatic hydroxyl groups is 2. The van der Waals surface area contributed by atoms with E-state index in [0.29, 0.717) is 6.42 Å². The summed E-state index contributed by atoms with van der Waals surface area (Å²) in [6.45, 7) is 4.31. The molecule has 4 nitrogen and oxygen atoms in total. The van der Waals surface area contributed by atoms with Crippen molar-refractivity contribution in [3.63, 3.8) is 0 Å². The van der Waals surface area contributed by atoms with E-state index < -0.39 is 12.1 Å². The maximum Gasteiger partial charge on any atom is 0.220 e. The van der Waals surface area contributed by atoms with Gasteiger partial charge >= 0.3 is 0 Å². The molecule has 2 atom stereocenters. The Morgan fingerprint density at radius 1 is 0.434 bits per heavy atom. The summed E-state index contributed by atoms with van der Waals surface area (Å²) >= 11 is 0. The molecule has 1 amide bonds. The lowest BCUT2D eigenvalue weighted by Crippen LogP contribution is -2.45. The highest BCUT2D eigenvalue weighted by Gasteiger charge is 2.17. The van der Waals surface area contributed by atoms with Crippen LogP contribution in [0.15, 0.2) is 36.5 Å². The zero-order valence-corrected chi connectivity index (χ0v) is 35.8. The highest BCUT2D eigenvalue weighted by Crippen LogP contribution is 2.16. The quantitative estimate of drug-likeness (QED) is 0.0430. The molecule has 4 heteroatoms. The molecule has 0 saturated heterocycles. The molecule has 0 radical (unpaired) electrons. The Labute approximate surface area is 331 Å². The molecule has 0 aromatic rings. The van der Waals surface area contributed by atoms with E-state index in [1.165, 1.54) is 193 Å². The van der Waals surface area contributed by atoms with E-state index in [-0.39, 0.29) is 12.5 Å². The van der Waals surface area contributed by atoms with E-state index >= 15 is 0 Å². The average molecular weight is 744 g/mol. The van der Waals surface area contributed by atoms with Gasteiger partial charge in [-0.05, 0) is 44.9 Å². The highest BCUT2D eigenvalue weighted by molar-refractivity contribution is 5.76. The van der Waals surface area contributed by atoms with E-state index in [9.17, 15) is 15.0 Å². The van der Waals surface area contributed by atoms with Gasteiger partial charge in [0.2, 0.25) is 5.91 Å². The van der Waals surface area contributed by atoms with Crippen molar-refractivity contribution in [2.24, 2.45) is 0 Å². The third-order valence-corrected chi connectivity index (χ3v) is 10.9. The van der Waals surface area contributed by atoms with Gasteiger partial charge in [-0.1, -0.05) is 237 Å². The summed E-state index contributed by atoms with van der Waals surface area (Å²) in [5.74, 6) is -0.0753. The molecule has 0 rings (SSSR count). The van der Waals surface area contributed by atoms with Crippen molar-refractivity contribution in [1.29, 1.82) is 0 Å². The van der Waals surface area contributed by atoms with Crippen LogP contribution in [0, 0.1) is 0 Å². The predicted octanol–water partition coefficient (Wildman–Crippen LogP) is 15.0. The van der Waals surface area contributed by atoms with Gasteiger partial charge in [-0.15, -0.1) is 0 Å². The van der Waals surface area contributed by atoms with Crippen LogP contribution < -0.4 is 5.32 Å². The molecular weight excluding hydrogens is 651 g/mol. The van der Waals surface area contributed by atoms with Crippen LogP contribution in [0.2, 0.25) is 0 Å². The average Bonchev–Trinajstić information content (AvgIpc) is 3.16. The van der Waals surface area contributed by atoms with E-state index in [0.717, 1.165) is 38.5 Å². The molecule has 0 saturated carbocycles. The Hall–Kier alpha value is -1.39. The fraction of sp³-hybridized carbons (Fsp3) is 0.857. The molecule has 312 valence electrons. The number of hydrogen-bond acceptors (Lipinski definition) is 3. The second kappa shape index (κ2) is 45.0. The molecule has 0 bridgehead atoms. The van der Waals surface area contributed by atoms with Gasteiger partial charge in [-0.2, -0.15) is 0 Å². The molecule has 0 spiro atoms. The van der Waals surface area contributed by atoms with E-state index in [1.54, 1.807) is 6.08 Å². The van der Waals surface area contributed by atoms with Crippen LogP contribution in [0.25, 0.3) is 0 Å². The first-order valence-electron chi connectivity index (χ1n) is 23.7. The highest BCUT2D eigenvalue weighted by atomic mass is 16.3. The Kier molecular flexibility index (Phi) is 43.8. The minimum Gasteiger partial charge on any atom is -0.394 e. The van der Waals surface area contributed by atoms with E-state index in [2.05, 4.69) is 43.5 Å².